The first-order valence-electron chi connectivity index (χ1n) is 11.2. The van der Waals surface area contributed by atoms with Crippen molar-refractivity contribution in [3.05, 3.63) is 77.8 Å². The minimum Gasteiger partial charge on any atom is -0.496 e. The van der Waals surface area contributed by atoms with Gasteiger partial charge in [0.2, 0.25) is 0 Å². The van der Waals surface area contributed by atoms with E-state index in [1.54, 1.807) is 27.2 Å². The molecule has 1 aliphatic heterocycles. The number of likely N-dealkylation sites (tertiary alicyclic amines) is 1. The van der Waals surface area contributed by atoms with Crippen molar-refractivity contribution < 1.29 is 23.1 Å². The molecule has 174 valence electrons. The summed E-state index contributed by atoms with van der Waals surface area (Å²) in [4.78, 5) is 19.6. The molecular formula is C26H29FN2O4. The summed E-state index contributed by atoms with van der Waals surface area (Å²) < 4.78 is 30.6. The zero-order chi connectivity index (χ0) is 23.4. The third-order valence-electron chi connectivity index (χ3n) is 5.89. The summed E-state index contributed by atoms with van der Waals surface area (Å²) in [6.45, 7) is 4.64. The highest BCUT2D eigenvalue weighted by molar-refractivity contribution is 5.85. The summed E-state index contributed by atoms with van der Waals surface area (Å²) in [7, 11) is 1.65. The van der Waals surface area contributed by atoms with Crippen LogP contribution in [0.3, 0.4) is 0 Å². The smallest absolute Gasteiger partial charge is 0.266 e. The molecular weight excluding hydrogens is 423 g/mol. The summed E-state index contributed by atoms with van der Waals surface area (Å²) >= 11 is 0. The standard InChI is InChI=1S/C26H29FN2O4/c1-26(2,33-21-12-10-20(27)11-13-21)25(30)29-14-6-8-19(17-29)24-28-16-22(32-24)15-18-7-4-5-9-23(18)31-3/h4-5,7,9-13,16,19H,6,8,14-15,17H2,1-3H3/t19-/m0/s1. The van der Waals surface area contributed by atoms with Gasteiger partial charge >= 0.3 is 0 Å². The fourth-order valence-corrected chi connectivity index (χ4v) is 4.21. The SMILES string of the molecule is COc1ccccc1Cc1cnc([C@H]2CCCN(C(=O)C(C)(C)Oc3ccc(F)cc3)C2)o1. The van der Waals surface area contributed by atoms with Crippen LogP contribution in [-0.4, -0.2) is 41.6 Å². The van der Waals surface area contributed by atoms with Crippen LogP contribution < -0.4 is 9.47 Å². The Kier molecular flexibility index (Phi) is 6.67. The maximum absolute atomic E-state index is 13.2. The van der Waals surface area contributed by atoms with Gasteiger partial charge in [0.25, 0.3) is 5.91 Å². The first-order valence-corrected chi connectivity index (χ1v) is 11.2. The van der Waals surface area contributed by atoms with Crippen LogP contribution in [0.5, 0.6) is 11.5 Å². The molecule has 6 nitrogen and oxygen atoms in total. The zero-order valence-electron chi connectivity index (χ0n) is 19.2. The Morgan fingerprint density at radius 2 is 1.97 bits per heavy atom. The maximum Gasteiger partial charge on any atom is 0.266 e. The second-order valence-corrected chi connectivity index (χ2v) is 8.81. The number of methoxy groups -OCH3 is 1. The number of carbonyl (C=O) groups excluding carboxylic acids is 1. The highest BCUT2D eigenvalue weighted by atomic mass is 19.1. The van der Waals surface area contributed by atoms with E-state index >= 15 is 0 Å². The van der Waals surface area contributed by atoms with Crippen LogP contribution in [-0.2, 0) is 11.2 Å². The summed E-state index contributed by atoms with van der Waals surface area (Å²) in [5.41, 5.74) is -0.0476. The number of para-hydroxylation sites is 1. The van der Waals surface area contributed by atoms with E-state index in [4.69, 9.17) is 13.9 Å². The molecule has 1 fully saturated rings. The van der Waals surface area contributed by atoms with Gasteiger partial charge in [-0.05, 0) is 57.0 Å². The van der Waals surface area contributed by atoms with Crippen molar-refractivity contribution in [1.82, 2.24) is 9.88 Å². The lowest BCUT2D eigenvalue weighted by atomic mass is 9.96. The van der Waals surface area contributed by atoms with Crippen molar-refractivity contribution in [2.24, 2.45) is 0 Å². The van der Waals surface area contributed by atoms with Gasteiger partial charge < -0.3 is 18.8 Å². The highest BCUT2D eigenvalue weighted by Crippen LogP contribution is 2.30. The normalized spacial score (nSPS) is 16.5. The average molecular weight is 453 g/mol. The number of aromatic nitrogens is 1. The van der Waals surface area contributed by atoms with Crippen molar-refractivity contribution in [3.8, 4) is 11.5 Å². The Balaban J connectivity index is 1.42. The number of benzene rings is 2. The molecule has 33 heavy (non-hydrogen) atoms. The Morgan fingerprint density at radius 1 is 1.21 bits per heavy atom. The number of ether oxygens (including phenoxy) is 2. The van der Waals surface area contributed by atoms with Crippen LogP contribution in [0.25, 0.3) is 0 Å². The lowest BCUT2D eigenvalue weighted by Gasteiger charge is -2.36. The van der Waals surface area contributed by atoms with Crippen molar-refractivity contribution in [1.29, 1.82) is 0 Å². The fourth-order valence-electron chi connectivity index (χ4n) is 4.21. The van der Waals surface area contributed by atoms with Gasteiger partial charge in [-0.3, -0.25) is 4.79 Å². The fraction of sp³-hybridized carbons (Fsp3) is 0.385. The number of nitrogens with zero attached hydrogens (tertiary/aromatic N) is 2. The van der Waals surface area contributed by atoms with Gasteiger partial charge in [0, 0.05) is 25.1 Å². The number of amides is 1. The van der Waals surface area contributed by atoms with Gasteiger partial charge in [-0.25, -0.2) is 9.37 Å². The van der Waals surface area contributed by atoms with Crippen LogP contribution in [0.4, 0.5) is 4.39 Å². The van der Waals surface area contributed by atoms with Crippen LogP contribution >= 0.6 is 0 Å². The van der Waals surface area contributed by atoms with E-state index in [1.807, 2.05) is 29.2 Å². The van der Waals surface area contributed by atoms with Crippen LogP contribution in [0.1, 0.15) is 49.8 Å². The number of halogens is 1. The predicted octanol–water partition coefficient (Wildman–Crippen LogP) is 4.98. The summed E-state index contributed by atoms with van der Waals surface area (Å²) in [5, 5.41) is 0. The van der Waals surface area contributed by atoms with Crippen LogP contribution in [0.2, 0.25) is 0 Å². The Bertz CT molecular complexity index is 1090. The predicted molar refractivity (Wildman–Crippen MR) is 122 cm³/mol. The number of rotatable bonds is 7. The van der Waals surface area contributed by atoms with Gasteiger partial charge in [0.15, 0.2) is 11.5 Å². The van der Waals surface area contributed by atoms with E-state index in [9.17, 15) is 9.18 Å². The number of carbonyl (C=O) groups is 1. The van der Waals surface area contributed by atoms with Crippen LogP contribution in [0.15, 0.2) is 59.1 Å². The molecule has 0 spiro atoms. The van der Waals surface area contributed by atoms with E-state index in [1.165, 1.54) is 24.3 Å². The molecule has 4 rings (SSSR count). The molecule has 7 heteroatoms. The summed E-state index contributed by atoms with van der Waals surface area (Å²) in [6, 6.07) is 13.5. The Hall–Kier alpha value is -3.35. The topological polar surface area (TPSA) is 64.8 Å². The highest BCUT2D eigenvalue weighted by Gasteiger charge is 2.37. The Morgan fingerprint density at radius 3 is 2.73 bits per heavy atom. The maximum atomic E-state index is 13.2. The third-order valence-corrected chi connectivity index (χ3v) is 5.89. The second-order valence-electron chi connectivity index (χ2n) is 8.81. The molecule has 1 aromatic heterocycles. The molecule has 2 heterocycles. The van der Waals surface area contributed by atoms with E-state index in [0.29, 0.717) is 31.2 Å². The molecule has 0 saturated carbocycles. The molecule has 1 saturated heterocycles. The molecule has 0 N–H and O–H groups in total. The quantitative estimate of drug-likeness (QED) is 0.506. The van der Waals surface area contributed by atoms with E-state index in [2.05, 4.69) is 4.98 Å². The minimum atomic E-state index is -1.08. The lowest BCUT2D eigenvalue weighted by molar-refractivity contribution is -0.146. The molecule has 2 aromatic carbocycles. The van der Waals surface area contributed by atoms with Crippen molar-refractivity contribution >= 4 is 5.91 Å². The minimum absolute atomic E-state index is 0.0238. The van der Waals surface area contributed by atoms with Crippen molar-refractivity contribution in [3.63, 3.8) is 0 Å². The van der Waals surface area contributed by atoms with E-state index in [0.717, 1.165) is 29.9 Å². The largest absolute Gasteiger partial charge is 0.496 e. The van der Waals surface area contributed by atoms with E-state index in [-0.39, 0.29) is 17.6 Å². The monoisotopic (exact) mass is 452 g/mol. The van der Waals surface area contributed by atoms with E-state index < -0.39 is 5.60 Å². The van der Waals surface area contributed by atoms with Gasteiger partial charge in [0.05, 0.1) is 19.2 Å². The van der Waals surface area contributed by atoms with Crippen molar-refractivity contribution in [2.45, 2.75) is 44.6 Å². The first kappa shape index (κ1) is 22.8. The number of oxazole rings is 1. The van der Waals surface area contributed by atoms with Gasteiger partial charge in [-0.1, -0.05) is 18.2 Å². The summed E-state index contributed by atoms with van der Waals surface area (Å²) in [5.74, 6) is 2.24. The molecule has 1 aliphatic rings. The third kappa shape index (κ3) is 5.35. The molecule has 0 radical (unpaired) electrons. The zero-order valence-corrected chi connectivity index (χ0v) is 19.2. The van der Waals surface area contributed by atoms with Gasteiger partial charge in [-0.2, -0.15) is 0 Å². The molecule has 0 aliphatic carbocycles. The molecule has 3 aromatic rings. The van der Waals surface area contributed by atoms with Gasteiger partial charge in [0.1, 0.15) is 23.1 Å². The second kappa shape index (κ2) is 9.65. The Labute approximate surface area is 193 Å². The van der Waals surface area contributed by atoms with Crippen molar-refractivity contribution in [2.75, 3.05) is 20.2 Å². The molecule has 1 atom stereocenters. The number of hydrogen-bond donors (Lipinski definition) is 0. The van der Waals surface area contributed by atoms with Crippen LogP contribution in [0, 0.1) is 5.82 Å². The first-order chi connectivity index (χ1) is 15.9. The summed E-state index contributed by atoms with van der Waals surface area (Å²) in [6.07, 6.45) is 4.10. The lowest BCUT2D eigenvalue weighted by Crippen LogP contribution is -2.51. The number of hydrogen-bond acceptors (Lipinski definition) is 5. The average Bonchev–Trinajstić information content (AvgIpc) is 3.29. The molecule has 0 unspecified atom stereocenters. The van der Waals surface area contributed by atoms with Gasteiger partial charge in [-0.15, -0.1) is 0 Å². The molecule has 1 amide bonds. The molecule has 0 bridgehead atoms. The number of piperidine rings is 1.